The molecule has 0 aromatic carbocycles. The maximum Gasteiger partial charge on any atom is 0.264 e. The Morgan fingerprint density at radius 2 is 1.96 bits per heavy atom. The first-order chi connectivity index (χ1) is 11.1. The summed E-state index contributed by atoms with van der Waals surface area (Å²) in [5.41, 5.74) is 0. The van der Waals surface area contributed by atoms with Crippen LogP contribution in [0.5, 0.6) is 0 Å². The zero-order valence-corrected chi connectivity index (χ0v) is 15.0. The Balaban J connectivity index is 1.47. The normalized spacial score (nSPS) is 22.2. The molecule has 2 aliphatic rings. The lowest BCUT2D eigenvalue weighted by Gasteiger charge is -2.35. The Labute approximate surface area is 145 Å². The molecule has 1 N–H and O–H groups in total. The standard InChI is InChI=1S/C16H23N3O2S2/c1-12-2-3-14(23-12)16(21)19-7-5-18(6-8-19)15(20)10-13-11-22-9-4-17-13/h2-3,13,17H,4-11H2,1H3. The molecule has 23 heavy (non-hydrogen) atoms. The lowest BCUT2D eigenvalue weighted by atomic mass is 10.2. The SMILES string of the molecule is Cc1ccc(C(=O)N2CCN(C(=O)CC3CSCCN3)CC2)s1. The van der Waals surface area contributed by atoms with Crippen molar-refractivity contribution >= 4 is 34.9 Å². The van der Waals surface area contributed by atoms with Crippen molar-refractivity contribution in [1.82, 2.24) is 15.1 Å². The molecule has 1 aromatic heterocycles. The van der Waals surface area contributed by atoms with Gasteiger partial charge < -0.3 is 15.1 Å². The van der Waals surface area contributed by atoms with E-state index in [1.165, 1.54) is 11.3 Å². The van der Waals surface area contributed by atoms with Crippen molar-refractivity contribution in [2.45, 2.75) is 19.4 Å². The number of nitrogens with one attached hydrogen (secondary N) is 1. The van der Waals surface area contributed by atoms with Crippen LogP contribution in [0.4, 0.5) is 0 Å². The topological polar surface area (TPSA) is 52.7 Å². The molecule has 0 spiro atoms. The average molecular weight is 354 g/mol. The Morgan fingerprint density at radius 3 is 2.57 bits per heavy atom. The summed E-state index contributed by atoms with van der Waals surface area (Å²) in [4.78, 5) is 30.5. The third kappa shape index (κ3) is 4.28. The van der Waals surface area contributed by atoms with Crippen LogP contribution in [0.2, 0.25) is 0 Å². The molecule has 2 amide bonds. The van der Waals surface area contributed by atoms with Gasteiger partial charge in [-0.15, -0.1) is 11.3 Å². The Morgan fingerprint density at radius 1 is 1.22 bits per heavy atom. The first-order valence-corrected chi connectivity index (χ1v) is 10.1. The monoisotopic (exact) mass is 353 g/mol. The maximum atomic E-state index is 12.4. The maximum absolute atomic E-state index is 12.4. The predicted octanol–water partition coefficient (Wildman–Crippen LogP) is 1.44. The molecule has 1 atom stereocenters. The summed E-state index contributed by atoms with van der Waals surface area (Å²) in [6.07, 6.45) is 0.574. The smallest absolute Gasteiger partial charge is 0.264 e. The summed E-state index contributed by atoms with van der Waals surface area (Å²) in [5.74, 6) is 2.46. The van der Waals surface area contributed by atoms with E-state index < -0.39 is 0 Å². The highest BCUT2D eigenvalue weighted by atomic mass is 32.2. The van der Waals surface area contributed by atoms with Crippen molar-refractivity contribution in [3.63, 3.8) is 0 Å². The summed E-state index contributed by atoms with van der Waals surface area (Å²) in [6.45, 7) is 5.56. The second-order valence-electron chi connectivity index (χ2n) is 6.01. The first kappa shape index (κ1) is 16.8. The zero-order chi connectivity index (χ0) is 16.2. The number of carbonyl (C=O) groups excluding carboxylic acids is 2. The van der Waals surface area contributed by atoms with Gasteiger partial charge in [-0.2, -0.15) is 11.8 Å². The van der Waals surface area contributed by atoms with Crippen molar-refractivity contribution in [1.29, 1.82) is 0 Å². The minimum atomic E-state index is 0.0977. The van der Waals surface area contributed by atoms with Crippen LogP contribution in [0.25, 0.3) is 0 Å². The van der Waals surface area contributed by atoms with Crippen LogP contribution in [0.1, 0.15) is 21.0 Å². The number of nitrogens with zero attached hydrogens (tertiary/aromatic N) is 2. The van der Waals surface area contributed by atoms with Gasteiger partial charge in [0, 0.05) is 61.6 Å². The molecule has 2 fully saturated rings. The Bertz CT molecular complexity index is 561. The Kier molecular flexibility index (Phi) is 5.61. The molecular formula is C16H23N3O2S2. The highest BCUT2D eigenvalue weighted by Crippen LogP contribution is 2.18. The number of amides is 2. The summed E-state index contributed by atoms with van der Waals surface area (Å²) < 4.78 is 0. The summed E-state index contributed by atoms with van der Waals surface area (Å²) in [5, 5.41) is 3.41. The molecule has 2 aliphatic heterocycles. The molecule has 0 aliphatic carbocycles. The van der Waals surface area contributed by atoms with Crippen LogP contribution in [0, 0.1) is 6.92 Å². The lowest BCUT2D eigenvalue weighted by molar-refractivity contribution is -0.133. The highest BCUT2D eigenvalue weighted by Gasteiger charge is 2.27. The number of thioether (sulfide) groups is 1. The van der Waals surface area contributed by atoms with Gasteiger partial charge in [-0.25, -0.2) is 0 Å². The molecule has 0 saturated carbocycles. The molecule has 5 nitrogen and oxygen atoms in total. The molecule has 3 heterocycles. The largest absolute Gasteiger partial charge is 0.339 e. The fourth-order valence-electron chi connectivity index (χ4n) is 2.95. The van der Waals surface area contributed by atoms with Crippen molar-refractivity contribution in [2.75, 3.05) is 44.2 Å². The van der Waals surface area contributed by atoms with Gasteiger partial charge in [-0.05, 0) is 19.1 Å². The second-order valence-corrected chi connectivity index (χ2v) is 8.45. The summed E-state index contributed by atoms with van der Waals surface area (Å²) in [7, 11) is 0. The molecule has 0 radical (unpaired) electrons. The highest BCUT2D eigenvalue weighted by molar-refractivity contribution is 7.99. The Hall–Kier alpha value is -1.05. The van der Waals surface area contributed by atoms with Gasteiger partial charge in [-0.3, -0.25) is 9.59 Å². The third-order valence-corrected chi connectivity index (χ3v) is 6.41. The number of hydrogen-bond donors (Lipinski definition) is 1. The second kappa shape index (κ2) is 7.68. The van der Waals surface area contributed by atoms with Crippen LogP contribution in [-0.4, -0.2) is 71.9 Å². The van der Waals surface area contributed by atoms with Gasteiger partial charge >= 0.3 is 0 Å². The van der Waals surface area contributed by atoms with Gasteiger partial charge in [0.05, 0.1) is 4.88 Å². The van der Waals surface area contributed by atoms with Crippen LogP contribution >= 0.6 is 23.1 Å². The fraction of sp³-hybridized carbons (Fsp3) is 0.625. The minimum Gasteiger partial charge on any atom is -0.339 e. The van der Waals surface area contributed by atoms with E-state index in [-0.39, 0.29) is 11.8 Å². The number of rotatable bonds is 3. The van der Waals surface area contributed by atoms with E-state index in [4.69, 9.17) is 0 Å². The van der Waals surface area contributed by atoms with Crippen molar-refractivity contribution in [3.05, 3.63) is 21.9 Å². The number of piperazine rings is 1. The number of thiophene rings is 1. The van der Waals surface area contributed by atoms with Crippen LogP contribution in [-0.2, 0) is 4.79 Å². The minimum absolute atomic E-state index is 0.0977. The number of carbonyl (C=O) groups is 2. The number of aryl methyl sites for hydroxylation is 1. The van der Waals surface area contributed by atoms with Gasteiger partial charge in [-0.1, -0.05) is 0 Å². The molecule has 7 heteroatoms. The van der Waals surface area contributed by atoms with E-state index in [0.717, 1.165) is 27.8 Å². The average Bonchev–Trinajstić information content (AvgIpc) is 3.02. The molecule has 126 valence electrons. The first-order valence-electron chi connectivity index (χ1n) is 8.08. The molecule has 2 saturated heterocycles. The summed E-state index contributed by atoms with van der Waals surface area (Å²) in [6, 6.07) is 4.18. The van der Waals surface area contributed by atoms with E-state index in [2.05, 4.69) is 5.32 Å². The van der Waals surface area contributed by atoms with E-state index in [1.54, 1.807) is 0 Å². The van der Waals surface area contributed by atoms with E-state index in [9.17, 15) is 9.59 Å². The zero-order valence-electron chi connectivity index (χ0n) is 13.4. The molecule has 1 unspecified atom stereocenters. The van der Waals surface area contributed by atoms with Crippen LogP contribution < -0.4 is 5.32 Å². The van der Waals surface area contributed by atoms with E-state index >= 15 is 0 Å². The molecular weight excluding hydrogens is 330 g/mol. The van der Waals surface area contributed by atoms with Crippen molar-refractivity contribution < 1.29 is 9.59 Å². The summed E-state index contributed by atoms with van der Waals surface area (Å²) >= 11 is 3.45. The van der Waals surface area contributed by atoms with Gasteiger partial charge in [0.15, 0.2) is 0 Å². The van der Waals surface area contributed by atoms with Gasteiger partial charge in [0.25, 0.3) is 5.91 Å². The van der Waals surface area contributed by atoms with Crippen molar-refractivity contribution in [2.24, 2.45) is 0 Å². The lowest BCUT2D eigenvalue weighted by Crippen LogP contribution is -2.52. The van der Waals surface area contributed by atoms with Gasteiger partial charge in [0.2, 0.25) is 5.91 Å². The quantitative estimate of drug-likeness (QED) is 0.893. The fourth-order valence-corrected chi connectivity index (χ4v) is 4.74. The van der Waals surface area contributed by atoms with Crippen LogP contribution in [0.3, 0.4) is 0 Å². The van der Waals surface area contributed by atoms with E-state index in [1.807, 2.05) is 40.6 Å². The van der Waals surface area contributed by atoms with Gasteiger partial charge in [0.1, 0.15) is 0 Å². The third-order valence-electron chi connectivity index (χ3n) is 4.29. The molecule has 1 aromatic rings. The van der Waals surface area contributed by atoms with E-state index in [0.29, 0.717) is 38.6 Å². The van der Waals surface area contributed by atoms with Crippen LogP contribution in [0.15, 0.2) is 12.1 Å². The molecule has 3 rings (SSSR count). The van der Waals surface area contributed by atoms with Crippen molar-refractivity contribution in [3.8, 4) is 0 Å². The molecule has 0 bridgehead atoms. The number of hydrogen-bond acceptors (Lipinski definition) is 5. The predicted molar refractivity (Wildman–Crippen MR) is 95.3 cm³/mol.